The van der Waals surface area contributed by atoms with E-state index in [1.165, 1.54) is 77.0 Å². The van der Waals surface area contributed by atoms with Crippen molar-refractivity contribution in [1.29, 1.82) is 0 Å². The summed E-state index contributed by atoms with van der Waals surface area (Å²) in [7, 11) is 0. The molecule has 0 saturated carbocycles. The van der Waals surface area contributed by atoms with Gasteiger partial charge >= 0.3 is 5.97 Å². The number of rotatable bonds is 25. The quantitative estimate of drug-likeness (QED) is 0.0701. The van der Waals surface area contributed by atoms with Crippen molar-refractivity contribution >= 4 is 11.9 Å². The Balaban J connectivity index is 2.27. The fourth-order valence-corrected chi connectivity index (χ4v) is 5.22. The van der Waals surface area contributed by atoms with Crippen LogP contribution in [0.4, 0.5) is 0 Å². The van der Waals surface area contributed by atoms with Crippen LogP contribution in [0.15, 0.2) is 50.1 Å². The monoisotopic (exact) mass is 567 g/mol. The molecular formula is C36H57NO4. The number of hydroxylamine groups is 1. The van der Waals surface area contributed by atoms with Gasteiger partial charge in [-0.3, -0.25) is 4.79 Å². The molecule has 0 heterocycles. The summed E-state index contributed by atoms with van der Waals surface area (Å²) in [5.74, 6) is -0.793. The van der Waals surface area contributed by atoms with Crippen molar-refractivity contribution in [2.45, 2.75) is 135 Å². The second kappa shape index (κ2) is 23.8. The summed E-state index contributed by atoms with van der Waals surface area (Å²) in [6, 6.07) is 3.78. The molecule has 1 aromatic rings. The summed E-state index contributed by atoms with van der Waals surface area (Å²) in [4.78, 5) is 30.2. The number of carbonyl (C=O) groups excluding carboxylic acids is 2. The van der Waals surface area contributed by atoms with Crippen molar-refractivity contribution in [2.75, 3.05) is 0 Å². The van der Waals surface area contributed by atoms with Crippen LogP contribution in [0.5, 0.6) is 5.75 Å². The van der Waals surface area contributed by atoms with Crippen molar-refractivity contribution in [3.05, 3.63) is 66.8 Å². The fraction of sp³-hybridized carbons (Fsp3) is 0.611. The molecule has 41 heavy (non-hydrogen) atoms. The Hall–Kier alpha value is -2.82. The van der Waals surface area contributed by atoms with Crippen molar-refractivity contribution in [3.8, 4) is 5.75 Å². The summed E-state index contributed by atoms with van der Waals surface area (Å²) in [5.41, 5.74) is 4.81. The highest BCUT2D eigenvalue weighted by Crippen LogP contribution is 2.27. The highest BCUT2D eigenvalue weighted by atomic mass is 16.7. The predicted molar refractivity (Wildman–Crippen MR) is 172 cm³/mol. The summed E-state index contributed by atoms with van der Waals surface area (Å²) in [6.07, 6.45) is 26.4. The molecule has 230 valence electrons. The lowest BCUT2D eigenvalue weighted by atomic mass is 9.97. The Bertz CT molecular complexity index is 876. The summed E-state index contributed by atoms with van der Waals surface area (Å²) < 4.78 is 0. The summed E-state index contributed by atoms with van der Waals surface area (Å²) in [5, 5.41) is 10.4. The molecule has 0 aliphatic carbocycles. The predicted octanol–water partition coefficient (Wildman–Crippen LogP) is 9.42. The molecule has 0 fully saturated rings. The first kappa shape index (κ1) is 36.2. The van der Waals surface area contributed by atoms with Gasteiger partial charge in [0.2, 0.25) is 0 Å². The van der Waals surface area contributed by atoms with Gasteiger partial charge < -0.3 is 9.94 Å². The maximum Gasteiger partial charge on any atom is 0.335 e. The van der Waals surface area contributed by atoms with Crippen LogP contribution in [0.3, 0.4) is 0 Å². The van der Waals surface area contributed by atoms with Gasteiger partial charge in [-0.1, -0.05) is 127 Å². The van der Waals surface area contributed by atoms with Gasteiger partial charge in [-0.15, -0.1) is 19.7 Å². The average Bonchev–Trinajstić information content (AvgIpc) is 2.96. The molecule has 0 bridgehead atoms. The van der Waals surface area contributed by atoms with Crippen LogP contribution in [0.1, 0.15) is 133 Å². The molecule has 0 spiro atoms. The van der Waals surface area contributed by atoms with Gasteiger partial charge in [0.05, 0.1) is 5.92 Å². The van der Waals surface area contributed by atoms with E-state index in [1.807, 2.05) is 12.1 Å². The Morgan fingerprint density at radius 1 is 0.805 bits per heavy atom. The molecular weight excluding hydrogens is 510 g/mol. The first-order valence-electron chi connectivity index (χ1n) is 16.1. The third-order valence-electron chi connectivity index (χ3n) is 7.65. The third-order valence-corrected chi connectivity index (χ3v) is 7.65. The molecule has 0 aromatic heterocycles. The second-order valence-corrected chi connectivity index (χ2v) is 11.3. The molecule has 1 amide bonds. The van der Waals surface area contributed by atoms with Gasteiger partial charge in [-0.05, 0) is 48.8 Å². The minimum absolute atomic E-state index is 0.171. The number of benzene rings is 1. The number of amides is 1. The van der Waals surface area contributed by atoms with Crippen LogP contribution in [0.25, 0.3) is 0 Å². The topological polar surface area (TPSA) is 75.6 Å². The van der Waals surface area contributed by atoms with Crippen molar-refractivity contribution in [3.63, 3.8) is 0 Å². The van der Waals surface area contributed by atoms with E-state index in [-0.39, 0.29) is 24.0 Å². The van der Waals surface area contributed by atoms with E-state index in [9.17, 15) is 14.7 Å². The fourth-order valence-electron chi connectivity index (χ4n) is 5.22. The summed E-state index contributed by atoms with van der Waals surface area (Å²) >= 11 is 0. The van der Waals surface area contributed by atoms with Gasteiger partial charge in [0.25, 0.3) is 5.91 Å². The van der Waals surface area contributed by atoms with Crippen LogP contribution in [-0.2, 0) is 33.7 Å². The Labute approximate surface area is 250 Å². The number of aromatic hydroxyl groups is 1. The van der Waals surface area contributed by atoms with E-state index in [2.05, 4.69) is 32.1 Å². The third kappa shape index (κ3) is 16.9. The molecule has 5 heteroatoms. The zero-order valence-electron chi connectivity index (χ0n) is 25.9. The minimum atomic E-state index is -0.404. The Kier molecular flexibility index (Phi) is 21.1. The van der Waals surface area contributed by atoms with Crippen LogP contribution < -0.4 is 5.48 Å². The molecule has 0 aliphatic rings. The van der Waals surface area contributed by atoms with Gasteiger partial charge in [0.1, 0.15) is 5.75 Å². The standard InChI is InChI=1S/C36H57NO4/c1-5-9-10-11-12-13-14-15-16-17-18-19-20-21-25-31(22-6-2)36(40)41-37-34(38)27-26-30-28-32(23-7-3)35(39)33(29-30)24-8-4/h6-8,28-29,31,39H,2-5,9-27H2,1H3,(H,37,38). The molecule has 1 rings (SSSR count). The lowest BCUT2D eigenvalue weighted by Crippen LogP contribution is -2.30. The molecule has 1 unspecified atom stereocenters. The second-order valence-electron chi connectivity index (χ2n) is 11.3. The highest BCUT2D eigenvalue weighted by molar-refractivity contribution is 5.79. The maximum atomic E-state index is 12.6. The molecule has 5 nitrogen and oxygen atoms in total. The molecule has 2 N–H and O–H groups in total. The van der Waals surface area contributed by atoms with Crippen molar-refractivity contribution in [1.82, 2.24) is 5.48 Å². The van der Waals surface area contributed by atoms with Crippen LogP contribution in [0.2, 0.25) is 0 Å². The highest BCUT2D eigenvalue weighted by Gasteiger charge is 2.20. The molecule has 0 aliphatic heterocycles. The minimum Gasteiger partial charge on any atom is -0.507 e. The Morgan fingerprint density at radius 2 is 1.29 bits per heavy atom. The zero-order valence-corrected chi connectivity index (χ0v) is 25.9. The number of hydrogen-bond acceptors (Lipinski definition) is 4. The van der Waals surface area contributed by atoms with E-state index in [4.69, 9.17) is 4.84 Å². The molecule has 0 saturated heterocycles. The molecule has 0 radical (unpaired) electrons. The van der Waals surface area contributed by atoms with Crippen LogP contribution in [-0.4, -0.2) is 17.0 Å². The molecule has 1 aromatic carbocycles. The number of aryl methyl sites for hydroxylation is 1. The van der Waals surface area contributed by atoms with Crippen LogP contribution in [0, 0.1) is 5.92 Å². The van der Waals surface area contributed by atoms with Gasteiger partial charge in [-0.2, -0.15) is 5.48 Å². The largest absolute Gasteiger partial charge is 0.507 e. The number of allylic oxidation sites excluding steroid dienone is 3. The SMILES string of the molecule is C=CCc1cc(CCC(=O)NOC(=O)C(CC=C)CCCCCCCCCCCCCCCC)cc(CC=C)c1O. The Morgan fingerprint density at radius 3 is 1.76 bits per heavy atom. The number of carbonyl (C=O) groups is 2. The number of phenols is 1. The van der Waals surface area contributed by atoms with E-state index >= 15 is 0 Å². The van der Waals surface area contributed by atoms with E-state index in [0.717, 1.165) is 36.0 Å². The van der Waals surface area contributed by atoms with Crippen LogP contribution >= 0.6 is 0 Å². The number of phenolic OH excluding ortho intramolecular Hbond substituents is 1. The number of nitrogens with one attached hydrogen (secondary N) is 1. The number of hydrogen-bond donors (Lipinski definition) is 2. The smallest absolute Gasteiger partial charge is 0.335 e. The van der Waals surface area contributed by atoms with Gasteiger partial charge in [0.15, 0.2) is 0 Å². The van der Waals surface area contributed by atoms with E-state index in [1.54, 1.807) is 18.2 Å². The first-order chi connectivity index (χ1) is 20.0. The lowest BCUT2D eigenvalue weighted by Gasteiger charge is -2.14. The van der Waals surface area contributed by atoms with E-state index in [0.29, 0.717) is 25.7 Å². The van der Waals surface area contributed by atoms with Crippen molar-refractivity contribution < 1.29 is 19.5 Å². The average molecular weight is 568 g/mol. The first-order valence-corrected chi connectivity index (χ1v) is 16.1. The van der Waals surface area contributed by atoms with Crippen molar-refractivity contribution in [2.24, 2.45) is 5.92 Å². The number of unbranched alkanes of at least 4 members (excludes halogenated alkanes) is 13. The normalized spacial score (nSPS) is 11.5. The molecule has 1 atom stereocenters. The zero-order chi connectivity index (χ0) is 30.1. The lowest BCUT2D eigenvalue weighted by molar-refractivity contribution is -0.162. The van der Waals surface area contributed by atoms with Gasteiger partial charge in [0, 0.05) is 6.42 Å². The van der Waals surface area contributed by atoms with Gasteiger partial charge in [-0.25, -0.2) is 4.79 Å². The maximum absolute atomic E-state index is 12.6. The van der Waals surface area contributed by atoms with E-state index < -0.39 is 5.97 Å². The summed E-state index contributed by atoms with van der Waals surface area (Å²) in [6.45, 7) is 13.5.